The van der Waals surface area contributed by atoms with Crippen molar-refractivity contribution in [1.29, 1.82) is 0 Å². The first-order valence-corrected chi connectivity index (χ1v) is 9.28. The number of aryl methyl sites for hydroxylation is 1. The molecule has 0 amide bonds. The van der Waals surface area contributed by atoms with Crippen molar-refractivity contribution in [1.82, 2.24) is 24.4 Å². The Balaban J connectivity index is 1.38. The van der Waals surface area contributed by atoms with Gasteiger partial charge in [-0.25, -0.2) is 9.97 Å². The lowest BCUT2D eigenvalue weighted by atomic mass is 10.1. The zero-order chi connectivity index (χ0) is 18.2. The van der Waals surface area contributed by atoms with Crippen molar-refractivity contribution in [2.75, 3.05) is 6.54 Å². The molecular formula is C22H21N5. The number of benzene rings is 1. The highest BCUT2D eigenvalue weighted by molar-refractivity contribution is 5.83. The summed E-state index contributed by atoms with van der Waals surface area (Å²) >= 11 is 0. The number of hydrogen-bond donors (Lipinski definition) is 0. The number of rotatable bonds is 3. The molecule has 1 aliphatic heterocycles. The van der Waals surface area contributed by atoms with Crippen LogP contribution in [0.1, 0.15) is 16.8 Å². The summed E-state index contributed by atoms with van der Waals surface area (Å²) in [6.07, 6.45) is 8.77. The Morgan fingerprint density at radius 1 is 1.07 bits per heavy atom. The van der Waals surface area contributed by atoms with Crippen LogP contribution in [0.2, 0.25) is 0 Å². The molecular weight excluding hydrogens is 334 g/mol. The SMILES string of the molecule is Cn1cc(CN2CCc3nc(-c4ccncc4)ncc3C2)c2ccccc21. The molecule has 0 radical (unpaired) electrons. The molecule has 0 aliphatic carbocycles. The first-order valence-electron chi connectivity index (χ1n) is 9.28. The first kappa shape index (κ1) is 16.1. The van der Waals surface area contributed by atoms with E-state index < -0.39 is 0 Å². The molecule has 0 unspecified atom stereocenters. The summed E-state index contributed by atoms with van der Waals surface area (Å²) in [4.78, 5) is 16.0. The van der Waals surface area contributed by atoms with Crippen LogP contribution < -0.4 is 0 Å². The van der Waals surface area contributed by atoms with E-state index in [9.17, 15) is 0 Å². The summed E-state index contributed by atoms with van der Waals surface area (Å²) in [6, 6.07) is 12.5. The van der Waals surface area contributed by atoms with Gasteiger partial charge in [0.25, 0.3) is 0 Å². The molecule has 1 aromatic carbocycles. The average Bonchev–Trinajstić information content (AvgIpc) is 3.04. The van der Waals surface area contributed by atoms with Gasteiger partial charge in [-0.05, 0) is 23.8 Å². The number of pyridine rings is 1. The number of hydrogen-bond acceptors (Lipinski definition) is 4. The summed E-state index contributed by atoms with van der Waals surface area (Å²) in [6.45, 7) is 2.87. The minimum Gasteiger partial charge on any atom is -0.350 e. The van der Waals surface area contributed by atoms with Gasteiger partial charge in [-0.2, -0.15) is 0 Å². The Morgan fingerprint density at radius 2 is 1.93 bits per heavy atom. The largest absolute Gasteiger partial charge is 0.350 e. The molecule has 0 spiro atoms. The first-order chi connectivity index (χ1) is 13.3. The molecule has 0 fully saturated rings. The number of aromatic nitrogens is 4. The summed E-state index contributed by atoms with van der Waals surface area (Å²) in [5.41, 5.74) is 6.09. The van der Waals surface area contributed by atoms with E-state index in [4.69, 9.17) is 4.98 Å². The van der Waals surface area contributed by atoms with E-state index in [0.717, 1.165) is 37.4 Å². The Kier molecular flexibility index (Phi) is 3.94. The lowest BCUT2D eigenvalue weighted by Crippen LogP contribution is -2.30. The van der Waals surface area contributed by atoms with Gasteiger partial charge in [-0.3, -0.25) is 9.88 Å². The van der Waals surface area contributed by atoms with E-state index in [1.54, 1.807) is 12.4 Å². The molecule has 4 aromatic rings. The molecule has 5 nitrogen and oxygen atoms in total. The lowest BCUT2D eigenvalue weighted by molar-refractivity contribution is 0.243. The maximum Gasteiger partial charge on any atom is 0.159 e. The molecule has 0 N–H and O–H groups in total. The van der Waals surface area contributed by atoms with Gasteiger partial charge in [0.1, 0.15) is 0 Å². The van der Waals surface area contributed by atoms with Crippen LogP contribution in [-0.4, -0.2) is 31.0 Å². The van der Waals surface area contributed by atoms with Crippen molar-refractivity contribution < 1.29 is 0 Å². The van der Waals surface area contributed by atoms with Crippen molar-refractivity contribution in [3.05, 3.63) is 78.0 Å². The van der Waals surface area contributed by atoms with Gasteiger partial charge in [-0.15, -0.1) is 0 Å². The minimum atomic E-state index is 0.790. The summed E-state index contributed by atoms with van der Waals surface area (Å²) in [5.74, 6) is 0.790. The Hall–Kier alpha value is -3.05. The van der Waals surface area contributed by atoms with Crippen LogP contribution in [-0.2, 0) is 26.6 Å². The topological polar surface area (TPSA) is 46.8 Å². The van der Waals surface area contributed by atoms with Crippen LogP contribution in [0.3, 0.4) is 0 Å². The Morgan fingerprint density at radius 3 is 2.81 bits per heavy atom. The summed E-state index contributed by atoms with van der Waals surface area (Å²) < 4.78 is 2.21. The fraction of sp³-hybridized carbons (Fsp3) is 0.227. The van der Waals surface area contributed by atoms with Gasteiger partial charge in [0.05, 0.1) is 5.69 Å². The van der Waals surface area contributed by atoms with Crippen molar-refractivity contribution in [2.45, 2.75) is 19.5 Å². The molecule has 0 atom stereocenters. The van der Waals surface area contributed by atoms with Gasteiger partial charge in [0.2, 0.25) is 0 Å². The van der Waals surface area contributed by atoms with Crippen molar-refractivity contribution in [3.63, 3.8) is 0 Å². The van der Waals surface area contributed by atoms with E-state index >= 15 is 0 Å². The zero-order valence-corrected chi connectivity index (χ0v) is 15.3. The number of nitrogens with zero attached hydrogens (tertiary/aromatic N) is 5. The van der Waals surface area contributed by atoms with E-state index in [1.807, 2.05) is 18.3 Å². The van der Waals surface area contributed by atoms with Gasteiger partial charge in [0, 0.05) is 79.9 Å². The fourth-order valence-electron chi connectivity index (χ4n) is 3.94. The predicted octanol–water partition coefficient (Wildman–Crippen LogP) is 3.59. The van der Waals surface area contributed by atoms with Gasteiger partial charge in [-0.1, -0.05) is 18.2 Å². The van der Waals surface area contributed by atoms with E-state index in [0.29, 0.717) is 0 Å². The normalized spacial score (nSPS) is 14.4. The van der Waals surface area contributed by atoms with E-state index in [-0.39, 0.29) is 0 Å². The molecule has 5 heteroatoms. The molecule has 134 valence electrons. The van der Waals surface area contributed by atoms with Crippen LogP contribution >= 0.6 is 0 Å². The van der Waals surface area contributed by atoms with Crippen molar-refractivity contribution >= 4 is 10.9 Å². The van der Waals surface area contributed by atoms with E-state index in [1.165, 1.54) is 27.7 Å². The molecule has 3 aromatic heterocycles. The highest BCUT2D eigenvalue weighted by atomic mass is 15.1. The standard InChI is InChI=1S/C22H21N5/c1-26-13-18(19-4-2-3-5-21(19)26)15-27-11-8-20-17(14-27)12-24-22(25-20)16-6-9-23-10-7-16/h2-7,9-10,12-13H,8,11,14-15H2,1H3. The molecule has 1 aliphatic rings. The maximum absolute atomic E-state index is 4.81. The predicted molar refractivity (Wildman–Crippen MR) is 106 cm³/mol. The van der Waals surface area contributed by atoms with Crippen LogP contribution in [0.15, 0.2) is 61.2 Å². The summed E-state index contributed by atoms with van der Waals surface area (Å²) in [5, 5.41) is 1.34. The van der Waals surface area contributed by atoms with Crippen LogP contribution in [0.4, 0.5) is 0 Å². The second kappa shape index (κ2) is 6.59. The quantitative estimate of drug-likeness (QED) is 0.563. The number of fused-ring (bicyclic) bond motifs is 2. The fourth-order valence-corrected chi connectivity index (χ4v) is 3.94. The molecule has 0 saturated heterocycles. The highest BCUT2D eigenvalue weighted by Gasteiger charge is 2.20. The maximum atomic E-state index is 4.81. The molecule has 0 saturated carbocycles. The second-order valence-corrected chi connectivity index (χ2v) is 7.14. The molecule has 0 bridgehead atoms. The Bertz CT molecular complexity index is 1100. The second-order valence-electron chi connectivity index (χ2n) is 7.14. The smallest absolute Gasteiger partial charge is 0.159 e. The monoisotopic (exact) mass is 355 g/mol. The molecule has 27 heavy (non-hydrogen) atoms. The highest BCUT2D eigenvalue weighted by Crippen LogP contribution is 2.25. The van der Waals surface area contributed by atoms with Crippen molar-refractivity contribution in [2.24, 2.45) is 7.05 Å². The van der Waals surface area contributed by atoms with E-state index in [2.05, 4.69) is 56.9 Å². The zero-order valence-electron chi connectivity index (χ0n) is 15.3. The molecule has 5 rings (SSSR count). The van der Waals surface area contributed by atoms with Gasteiger partial charge in [0.15, 0.2) is 5.82 Å². The van der Waals surface area contributed by atoms with Crippen molar-refractivity contribution in [3.8, 4) is 11.4 Å². The Labute approximate surface area is 158 Å². The minimum absolute atomic E-state index is 0.790. The van der Waals surface area contributed by atoms with Gasteiger partial charge < -0.3 is 4.57 Å². The third-order valence-electron chi connectivity index (χ3n) is 5.32. The average molecular weight is 355 g/mol. The third kappa shape index (κ3) is 3.00. The number of para-hydroxylation sites is 1. The van der Waals surface area contributed by atoms with Crippen LogP contribution in [0.5, 0.6) is 0 Å². The van der Waals surface area contributed by atoms with Crippen LogP contribution in [0, 0.1) is 0 Å². The molecule has 4 heterocycles. The third-order valence-corrected chi connectivity index (χ3v) is 5.32. The summed E-state index contributed by atoms with van der Waals surface area (Å²) in [7, 11) is 2.12. The van der Waals surface area contributed by atoms with Crippen LogP contribution in [0.25, 0.3) is 22.3 Å². The van der Waals surface area contributed by atoms with Gasteiger partial charge >= 0.3 is 0 Å². The lowest BCUT2D eigenvalue weighted by Gasteiger charge is -2.27.